The van der Waals surface area contributed by atoms with Crippen molar-refractivity contribution in [3.63, 3.8) is 0 Å². The van der Waals surface area contributed by atoms with E-state index in [2.05, 4.69) is 24.3 Å². The lowest BCUT2D eigenvalue weighted by Gasteiger charge is -2.32. The second-order valence-electron chi connectivity index (χ2n) is 15.9. The molecule has 0 aromatic heterocycles. The molecule has 0 saturated carbocycles. The molecule has 3 aromatic rings. The standard InChI is InChI=1S/C42H50O12/c1-39(2)49-25-41(53-39)37-35(45-19-29-13-7-9-15-31(29)21-47-37)33(51-41)23-43-17-27-11-5-6-12-28(27)18-44-24-34-36-38(42(52-34)26-50-40(3,4)54-42)48-22-32-16-10-8-14-30(32)20-46-36/h5-16,33-38H,17-26H2,1-4H3/t33-,34-,35-,36-,37+,38+,41+,42+/m1/s1. The van der Waals surface area contributed by atoms with Crippen LogP contribution in [0.25, 0.3) is 0 Å². The summed E-state index contributed by atoms with van der Waals surface area (Å²) in [6.45, 7) is 11.0. The van der Waals surface area contributed by atoms with Crippen molar-refractivity contribution < 1.29 is 56.8 Å². The molecule has 2 spiro atoms. The van der Waals surface area contributed by atoms with Crippen molar-refractivity contribution in [1.29, 1.82) is 0 Å². The topological polar surface area (TPSA) is 111 Å². The molecule has 54 heavy (non-hydrogen) atoms. The van der Waals surface area contributed by atoms with Crippen molar-refractivity contribution in [3.05, 3.63) is 106 Å². The van der Waals surface area contributed by atoms with Crippen LogP contribution in [0.15, 0.2) is 72.8 Å². The van der Waals surface area contributed by atoms with E-state index in [1.165, 1.54) is 0 Å². The van der Waals surface area contributed by atoms with E-state index >= 15 is 0 Å². The molecule has 3 aromatic carbocycles. The van der Waals surface area contributed by atoms with E-state index in [1.54, 1.807) is 0 Å². The Hall–Kier alpha value is -2.82. The highest BCUT2D eigenvalue weighted by atomic mass is 16.9. The van der Waals surface area contributed by atoms with Gasteiger partial charge >= 0.3 is 0 Å². The second kappa shape index (κ2) is 14.6. The highest BCUT2D eigenvalue weighted by molar-refractivity contribution is 5.28. The van der Waals surface area contributed by atoms with Gasteiger partial charge in [-0.3, -0.25) is 0 Å². The number of benzene rings is 3. The van der Waals surface area contributed by atoms with Gasteiger partial charge in [0.05, 0.1) is 52.9 Å². The van der Waals surface area contributed by atoms with Gasteiger partial charge in [-0.05, 0) is 61.1 Å². The predicted molar refractivity (Wildman–Crippen MR) is 190 cm³/mol. The molecule has 0 amide bonds. The van der Waals surface area contributed by atoms with E-state index in [9.17, 15) is 0 Å². The van der Waals surface area contributed by atoms with Gasteiger partial charge in [-0.15, -0.1) is 0 Å². The zero-order chi connectivity index (χ0) is 37.0. The molecule has 4 fully saturated rings. The molecule has 290 valence electrons. The summed E-state index contributed by atoms with van der Waals surface area (Å²) in [4.78, 5) is 0. The molecule has 12 nitrogen and oxygen atoms in total. The van der Waals surface area contributed by atoms with Crippen LogP contribution in [0.2, 0.25) is 0 Å². The molecule has 0 N–H and O–H groups in total. The van der Waals surface area contributed by atoms with E-state index in [0.29, 0.717) is 39.6 Å². The average Bonchev–Trinajstić information content (AvgIpc) is 3.80. The summed E-state index contributed by atoms with van der Waals surface area (Å²) < 4.78 is 76.8. The highest BCUT2D eigenvalue weighted by Crippen LogP contribution is 2.47. The number of ether oxygens (including phenoxy) is 12. The maximum atomic E-state index is 6.62. The van der Waals surface area contributed by atoms with E-state index in [0.717, 1.165) is 33.4 Å². The normalized spacial score (nSPS) is 35.1. The molecule has 0 bridgehead atoms. The van der Waals surface area contributed by atoms with Crippen molar-refractivity contribution in [2.75, 3.05) is 26.4 Å². The summed E-state index contributed by atoms with van der Waals surface area (Å²) in [5.41, 5.74) is 6.37. The molecule has 12 heteroatoms. The smallest absolute Gasteiger partial charge is 0.224 e. The molecule has 6 aliphatic rings. The van der Waals surface area contributed by atoms with E-state index in [-0.39, 0.29) is 26.4 Å². The Morgan fingerprint density at radius 2 is 0.889 bits per heavy atom. The lowest BCUT2D eigenvalue weighted by Crippen LogP contribution is -2.49. The van der Waals surface area contributed by atoms with Gasteiger partial charge in [0.25, 0.3) is 0 Å². The summed E-state index contributed by atoms with van der Waals surface area (Å²) in [7, 11) is 0. The fourth-order valence-electron chi connectivity index (χ4n) is 8.48. The van der Waals surface area contributed by atoms with Crippen LogP contribution in [0.3, 0.4) is 0 Å². The third kappa shape index (κ3) is 7.17. The fraction of sp³-hybridized carbons (Fsp3) is 0.571. The van der Waals surface area contributed by atoms with Gasteiger partial charge in [-0.1, -0.05) is 72.8 Å². The molecular formula is C42H50O12. The van der Waals surface area contributed by atoms with Gasteiger partial charge in [0.2, 0.25) is 11.6 Å². The third-order valence-corrected chi connectivity index (χ3v) is 11.1. The van der Waals surface area contributed by atoms with Crippen LogP contribution in [0.1, 0.15) is 61.1 Å². The largest absolute Gasteiger partial charge is 0.374 e. The van der Waals surface area contributed by atoms with Gasteiger partial charge < -0.3 is 56.8 Å². The maximum absolute atomic E-state index is 6.62. The predicted octanol–water partition coefficient (Wildman–Crippen LogP) is 5.44. The van der Waals surface area contributed by atoms with Crippen LogP contribution in [0, 0.1) is 0 Å². The summed E-state index contributed by atoms with van der Waals surface area (Å²) in [6.07, 6.45) is -2.70. The number of hydrogen-bond donors (Lipinski definition) is 0. The van der Waals surface area contributed by atoms with Crippen molar-refractivity contribution in [3.8, 4) is 0 Å². The van der Waals surface area contributed by atoms with Crippen LogP contribution in [-0.4, -0.2) is 86.2 Å². The molecule has 4 saturated heterocycles. The van der Waals surface area contributed by atoms with Crippen LogP contribution in [0.4, 0.5) is 0 Å². The van der Waals surface area contributed by atoms with Crippen LogP contribution >= 0.6 is 0 Å². The third-order valence-electron chi connectivity index (χ3n) is 11.1. The first-order valence-electron chi connectivity index (χ1n) is 19.0. The summed E-state index contributed by atoms with van der Waals surface area (Å²) in [5, 5.41) is 0. The Morgan fingerprint density at radius 3 is 1.26 bits per heavy atom. The van der Waals surface area contributed by atoms with E-state index in [4.69, 9.17) is 56.8 Å². The minimum absolute atomic E-state index is 0.234. The zero-order valence-electron chi connectivity index (χ0n) is 31.4. The van der Waals surface area contributed by atoms with Gasteiger partial charge in [-0.2, -0.15) is 0 Å². The number of fused-ring (bicyclic) bond motifs is 6. The molecule has 9 rings (SSSR count). The summed E-state index contributed by atoms with van der Waals surface area (Å²) >= 11 is 0. The molecule has 0 unspecified atom stereocenters. The molecule has 6 heterocycles. The Balaban J connectivity index is 0.850. The Morgan fingerprint density at radius 1 is 0.519 bits per heavy atom. The van der Waals surface area contributed by atoms with Crippen LogP contribution in [-0.2, 0) is 96.5 Å². The van der Waals surface area contributed by atoms with E-state index in [1.807, 2.05) is 76.2 Å². The van der Waals surface area contributed by atoms with Gasteiger partial charge in [0.15, 0.2) is 11.6 Å². The first-order valence-corrected chi connectivity index (χ1v) is 19.0. The monoisotopic (exact) mass is 746 g/mol. The van der Waals surface area contributed by atoms with Gasteiger partial charge in [0.1, 0.15) is 49.8 Å². The highest BCUT2D eigenvalue weighted by Gasteiger charge is 2.65. The minimum Gasteiger partial charge on any atom is -0.374 e. The molecule has 8 atom stereocenters. The van der Waals surface area contributed by atoms with Crippen LogP contribution < -0.4 is 0 Å². The van der Waals surface area contributed by atoms with Crippen molar-refractivity contribution in [1.82, 2.24) is 0 Å². The quantitative estimate of drug-likeness (QED) is 0.293. The maximum Gasteiger partial charge on any atom is 0.224 e. The van der Waals surface area contributed by atoms with Crippen molar-refractivity contribution in [2.45, 2.75) is 127 Å². The zero-order valence-corrected chi connectivity index (χ0v) is 31.4. The van der Waals surface area contributed by atoms with E-state index < -0.39 is 59.8 Å². The Labute approximate surface area is 316 Å². The van der Waals surface area contributed by atoms with Crippen LogP contribution in [0.5, 0.6) is 0 Å². The Kier molecular flexibility index (Phi) is 9.95. The van der Waals surface area contributed by atoms with Gasteiger partial charge in [-0.25, -0.2) is 0 Å². The molecular weight excluding hydrogens is 696 g/mol. The number of rotatable bonds is 8. The van der Waals surface area contributed by atoms with Crippen molar-refractivity contribution in [2.24, 2.45) is 0 Å². The lowest BCUT2D eigenvalue weighted by molar-refractivity contribution is -0.279. The average molecular weight is 747 g/mol. The summed E-state index contributed by atoms with van der Waals surface area (Å²) in [6, 6.07) is 24.4. The van der Waals surface area contributed by atoms with Crippen molar-refractivity contribution >= 4 is 0 Å². The second-order valence-corrected chi connectivity index (χ2v) is 15.9. The fourth-order valence-corrected chi connectivity index (χ4v) is 8.48. The first kappa shape index (κ1) is 36.8. The first-order chi connectivity index (χ1) is 26.1. The van der Waals surface area contributed by atoms with Gasteiger partial charge in [0, 0.05) is 0 Å². The molecule has 0 aliphatic carbocycles. The Bertz CT molecular complexity index is 1670. The summed E-state index contributed by atoms with van der Waals surface area (Å²) in [5.74, 6) is -3.83. The minimum atomic E-state index is -1.10. The molecule has 6 aliphatic heterocycles. The lowest BCUT2D eigenvalue weighted by atomic mass is 10.0. The number of hydrogen-bond acceptors (Lipinski definition) is 12. The SMILES string of the molecule is CC1(C)OC[C@]2(O[C@H](COCc3ccccc3COC[C@H]3O[C@]4(COC(C)(C)O4)[C@H]4OCc5ccccc5CO[C@H]34)[C@H]3OCc4ccccc4CO[C@@H]32)O1. The molecule has 0 radical (unpaired) electrons.